The van der Waals surface area contributed by atoms with E-state index in [1.165, 1.54) is 22.3 Å². The number of methoxy groups -OCH3 is 1. The predicted molar refractivity (Wildman–Crippen MR) is 97.2 cm³/mol. The molecule has 0 N–H and O–H groups in total. The third kappa shape index (κ3) is 2.94. The molecule has 3 aromatic rings. The van der Waals surface area contributed by atoms with Crippen molar-refractivity contribution in [3.8, 4) is 16.9 Å². The zero-order chi connectivity index (χ0) is 16.4. The summed E-state index contributed by atoms with van der Waals surface area (Å²) in [5.41, 5.74) is 6.01. The molecule has 0 aliphatic rings. The second-order valence-electron chi connectivity index (χ2n) is 6.17. The van der Waals surface area contributed by atoms with Crippen LogP contribution in [0.4, 0.5) is 0 Å². The first-order valence-corrected chi connectivity index (χ1v) is 8.20. The summed E-state index contributed by atoms with van der Waals surface area (Å²) in [6.45, 7) is 6.58. The molecule has 2 nitrogen and oxygen atoms in total. The van der Waals surface area contributed by atoms with Crippen molar-refractivity contribution < 1.29 is 4.74 Å². The summed E-state index contributed by atoms with van der Waals surface area (Å²) in [6, 6.07) is 15.1. The van der Waals surface area contributed by atoms with Crippen molar-refractivity contribution in [3.63, 3.8) is 0 Å². The van der Waals surface area contributed by atoms with Crippen molar-refractivity contribution >= 4 is 10.9 Å². The fraction of sp³-hybridized carbons (Fsp3) is 0.286. The average molecular weight is 305 g/mol. The highest BCUT2D eigenvalue weighted by Gasteiger charge is 2.10. The highest BCUT2D eigenvalue weighted by atomic mass is 16.5. The minimum atomic E-state index is 0.518. The molecule has 1 aromatic heterocycles. The van der Waals surface area contributed by atoms with Crippen LogP contribution in [0.1, 0.15) is 37.8 Å². The van der Waals surface area contributed by atoms with E-state index in [0.29, 0.717) is 5.92 Å². The van der Waals surface area contributed by atoms with Crippen LogP contribution in [-0.2, 0) is 6.42 Å². The standard InChI is InChI=1S/C21H23NO/c1-5-15-12-20-19(13-21(15)23-4)18(9-10-22-20)17-8-6-7-16(11-17)14(2)3/h6-14H,5H2,1-4H3. The Morgan fingerprint density at radius 2 is 1.91 bits per heavy atom. The third-order valence-corrected chi connectivity index (χ3v) is 4.39. The van der Waals surface area contributed by atoms with Crippen LogP contribution in [0.15, 0.2) is 48.7 Å². The molecule has 1 heterocycles. The molecule has 0 amide bonds. The molecule has 118 valence electrons. The average Bonchev–Trinajstić information content (AvgIpc) is 2.59. The van der Waals surface area contributed by atoms with Gasteiger partial charge in [-0.1, -0.05) is 45.0 Å². The number of rotatable bonds is 4. The van der Waals surface area contributed by atoms with Gasteiger partial charge in [-0.25, -0.2) is 0 Å². The van der Waals surface area contributed by atoms with Crippen molar-refractivity contribution in [2.45, 2.75) is 33.1 Å². The predicted octanol–water partition coefficient (Wildman–Crippen LogP) is 5.60. The topological polar surface area (TPSA) is 22.1 Å². The smallest absolute Gasteiger partial charge is 0.122 e. The first kappa shape index (κ1) is 15.5. The van der Waals surface area contributed by atoms with Gasteiger partial charge in [-0.15, -0.1) is 0 Å². The van der Waals surface area contributed by atoms with Gasteiger partial charge in [-0.05, 0) is 52.8 Å². The zero-order valence-corrected chi connectivity index (χ0v) is 14.3. The lowest BCUT2D eigenvalue weighted by Gasteiger charge is -2.13. The fourth-order valence-corrected chi connectivity index (χ4v) is 3.00. The second-order valence-corrected chi connectivity index (χ2v) is 6.17. The van der Waals surface area contributed by atoms with Gasteiger partial charge in [0.05, 0.1) is 12.6 Å². The van der Waals surface area contributed by atoms with Gasteiger partial charge in [0.15, 0.2) is 0 Å². The van der Waals surface area contributed by atoms with Crippen molar-refractivity contribution in [2.75, 3.05) is 7.11 Å². The number of nitrogens with zero attached hydrogens (tertiary/aromatic N) is 1. The fourth-order valence-electron chi connectivity index (χ4n) is 3.00. The number of aromatic nitrogens is 1. The van der Waals surface area contributed by atoms with Gasteiger partial charge < -0.3 is 4.74 Å². The Morgan fingerprint density at radius 3 is 2.61 bits per heavy atom. The molecule has 0 saturated heterocycles. The van der Waals surface area contributed by atoms with E-state index in [-0.39, 0.29) is 0 Å². The first-order valence-electron chi connectivity index (χ1n) is 8.20. The molecular formula is C21H23NO. The van der Waals surface area contributed by atoms with Gasteiger partial charge in [0.25, 0.3) is 0 Å². The minimum Gasteiger partial charge on any atom is -0.496 e. The summed E-state index contributed by atoms with van der Waals surface area (Å²) >= 11 is 0. The number of hydrogen-bond acceptors (Lipinski definition) is 2. The Morgan fingerprint density at radius 1 is 1.09 bits per heavy atom. The van der Waals surface area contributed by atoms with Gasteiger partial charge in [-0.3, -0.25) is 4.98 Å². The van der Waals surface area contributed by atoms with Gasteiger partial charge in [-0.2, -0.15) is 0 Å². The van der Waals surface area contributed by atoms with Gasteiger partial charge in [0, 0.05) is 11.6 Å². The maximum Gasteiger partial charge on any atom is 0.122 e. The van der Waals surface area contributed by atoms with Gasteiger partial charge >= 0.3 is 0 Å². The molecule has 0 unspecified atom stereocenters. The molecule has 0 aliphatic carbocycles. The number of benzene rings is 2. The normalized spacial score (nSPS) is 11.2. The second kappa shape index (κ2) is 6.41. The molecule has 0 bridgehead atoms. The van der Waals surface area contributed by atoms with E-state index in [2.05, 4.69) is 68.2 Å². The molecule has 0 fully saturated rings. The molecule has 0 radical (unpaired) electrons. The summed E-state index contributed by atoms with van der Waals surface area (Å²) < 4.78 is 5.57. The Kier molecular flexibility index (Phi) is 4.33. The maximum absolute atomic E-state index is 5.57. The number of aryl methyl sites for hydroxylation is 1. The van der Waals surface area contributed by atoms with Crippen molar-refractivity contribution in [3.05, 3.63) is 59.8 Å². The van der Waals surface area contributed by atoms with E-state index in [4.69, 9.17) is 4.74 Å². The Balaban J connectivity index is 2.23. The van der Waals surface area contributed by atoms with E-state index < -0.39 is 0 Å². The summed E-state index contributed by atoms with van der Waals surface area (Å²) in [4.78, 5) is 4.55. The van der Waals surface area contributed by atoms with Crippen molar-refractivity contribution in [1.29, 1.82) is 0 Å². The van der Waals surface area contributed by atoms with Crippen LogP contribution < -0.4 is 4.74 Å². The Hall–Kier alpha value is -2.35. The monoisotopic (exact) mass is 305 g/mol. The molecule has 0 spiro atoms. The van der Waals surface area contributed by atoms with Crippen LogP contribution in [-0.4, -0.2) is 12.1 Å². The molecule has 2 heteroatoms. The molecular weight excluding hydrogens is 282 g/mol. The number of ether oxygens (including phenoxy) is 1. The van der Waals surface area contributed by atoms with E-state index >= 15 is 0 Å². The summed E-state index contributed by atoms with van der Waals surface area (Å²) in [7, 11) is 1.73. The SMILES string of the molecule is CCc1cc2nccc(-c3cccc(C(C)C)c3)c2cc1OC. The summed E-state index contributed by atoms with van der Waals surface area (Å²) in [5.74, 6) is 1.46. The van der Waals surface area contributed by atoms with Crippen LogP contribution in [0.2, 0.25) is 0 Å². The number of fused-ring (bicyclic) bond motifs is 1. The quantitative estimate of drug-likeness (QED) is 0.626. The van der Waals surface area contributed by atoms with Crippen LogP contribution >= 0.6 is 0 Å². The van der Waals surface area contributed by atoms with Crippen LogP contribution in [0, 0.1) is 0 Å². The Labute approximate surface area is 138 Å². The lowest BCUT2D eigenvalue weighted by atomic mass is 9.95. The van der Waals surface area contributed by atoms with Crippen LogP contribution in [0.25, 0.3) is 22.0 Å². The highest BCUT2D eigenvalue weighted by molar-refractivity contribution is 5.95. The molecule has 0 saturated carbocycles. The number of pyridine rings is 1. The molecule has 23 heavy (non-hydrogen) atoms. The minimum absolute atomic E-state index is 0.518. The number of hydrogen-bond donors (Lipinski definition) is 0. The van der Waals surface area contributed by atoms with E-state index in [0.717, 1.165) is 23.1 Å². The van der Waals surface area contributed by atoms with E-state index in [9.17, 15) is 0 Å². The summed E-state index contributed by atoms with van der Waals surface area (Å²) in [5, 5.41) is 1.14. The van der Waals surface area contributed by atoms with Crippen molar-refractivity contribution in [2.24, 2.45) is 0 Å². The summed E-state index contributed by atoms with van der Waals surface area (Å²) in [6.07, 6.45) is 2.83. The lowest BCUT2D eigenvalue weighted by molar-refractivity contribution is 0.411. The molecule has 0 aliphatic heterocycles. The van der Waals surface area contributed by atoms with E-state index in [1.54, 1.807) is 7.11 Å². The molecule has 0 atom stereocenters. The van der Waals surface area contributed by atoms with Crippen LogP contribution in [0.3, 0.4) is 0 Å². The van der Waals surface area contributed by atoms with Gasteiger partial charge in [0.2, 0.25) is 0 Å². The zero-order valence-electron chi connectivity index (χ0n) is 14.3. The molecule has 2 aromatic carbocycles. The molecule has 3 rings (SSSR count). The highest BCUT2D eigenvalue weighted by Crippen LogP contribution is 2.33. The third-order valence-electron chi connectivity index (χ3n) is 4.39. The maximum atomic E-state index is 5.57. The van der Waals surface area contributed by atoms with E-state index in [1.807, 2.05) is 6.20 Å². The lowest BCUT2D eigenvalue weighted by Crippen LogP contribution is -1.94. The van der Waals surface area contributed by atoms with Crippen molar-refractivity contribution in [1.82, 2.24) is 4.98 Å². The van der Waals surface area contributed by atoms with Crippen LogP contribution in [0.5, 0.6) is 5.75 Å². The first-order chi connectivity index (χ1) is 11.1. The van der Waals surface area contributed by atoms with Gasteiger partial charge in [0.1, 0.15) is 5.75 Å². The Bertz CT molecular complexity index is 836. The largest absolute Gasteiger partial charge is 0.496 e.